The lowest BCUT2D eigenvalue weighted by Crippen LogP contribution is -2.38. The zero-order valence-corrected chi connectivity index (χ0v) is 24.5. The minimum atomic E-state index is -0.531. The van der Waals surface area contributed by atoms with E-state index in [4.69, 9.17) is 9.47 Å². The van der Waals surface area contributed by atoms with Gasteiger partial charge < -0.3 is 25.0 Å². The normalized spacial score (nSPS) is 20.3. The van der Waals surface area contributed by atoms with Crippen LogP contribution in [0.1, 0.15) is 51.9 Å². The number of thioether (sulfide) groups is 1. The highest BCUT2D eigenvalue weighted by Crippen LogP contribution is 2.42. The summed E-state index contributed by atoms with van der Waals surface area (Å²) in [6.07, 6.45) is -0.749. The molecule has 0 bridgehead atoms. The standard InChI is InChI=1S/C35H37NO5S/c1-24-32(23-42-19-18-37)40-35(41-33(24)28-12-10-25(22-38)11-13-28)30-16-14-27(15-17-30)31-9-5-6-26(20-31)21-36-34(39)29-7-3-2-4-8-29/h2-17,20,24,32-33,35,37-38H,18-19,21-23H2,1H3,(H,36,39)/t24-,32+,33+,35+/m0/s1. The first kappa shape index (κ1) is 30.0. The van der Waals surface area contributed by atoms with E-state index in [2.05, 4.69) is 36.5 Å². The van der Waals surface area contributed by atoms with Gasteiger partial charge in [-0.2, -0.15) is 11.8 Å². The monoisotopic (exact) mass is 583 g/mol. The Bertz CT molecular complexity index is 1430. The van der Waals surface area contributed by atoms with Crippen molar-refractivity contribution in [2.45, 2.75) is 38.6 Å². The fourth-order valence-corrected chi connectivity index (χ4v) is 6.05. The van der Waals surface area contributed by atoms with Crippen LogP contribution in [0.3, 0.4) is 0 Å². The lowest BCUT2D eigenvalue weighted by molar-refractivity contribution is -0.268. The Balaban J connectivity index is 1.30. The molecule has 0 unspecified atom stereocenters. The van der Waals surface area contributed by atoms with Gasteiger partial charge in [0.05, 0.1) is 25.4 Å². The molecule has 0 aromatic heterocycles. The molecule has 0 saturated carbocycles. The van der Waals surface area contributed by atoms with E-state index in [1.165, 1.54) is 0 Å². The van der Waals surface area contributed by atoms with Gasteiger partial charge in [-0.1, -0.05) is 91.9 Å². The van der Waals surface area contributed by atoms with Crippen molar-refractivity contribution >= 4 is 17.7 Å². The van der Waals surface area contributed by atoms with Crippen LogP contribution in [0.25, 0.3) is 11.1 Å². The molecule has 0 radical (unpaired) electrons. The Kier molecular flexibility index (Phi) is 10.5. The van der Waals surface area contributed by atoms with E-state index in [1.54, 1.807) is 23.9 Å². The third-order valence-electron chi connectivity index (χ3n) is 7.57. The van der Waals surface area contributed by atoms with Gasteiger partial charge in [0.2, 0.25) is 0 Å². The molecule has 4 atom stereocenters. The Morgan fingerprint density at radius 1 is 0.810 bits per heavy atom. The summed E-state index contributed by atoms with van der Waals surface area (Å²) in [5.41, 5.74) is 6.64. The number of aliphatic hydroxyl groups is 2. The van der Waals surface area contributed by atoms with Crippen molar-refractivity contribution in [3.05, 3.63) is 131 Å². The van der Waals surface area contributed by atoms with E-state index in [0.29, 0.717) is 17.9 Å². The fraction of sp³-hybridized carbons (Fsp3) is 0.286. The third kappa shape index (κ3) is 7.48. The molecule has 4 aromatic carbocycles. The second kappa shape index (κ2) is 14.6. The number of aliphatic hydroxyl groups excluding tert-OH is 2. The van der Waals surface area contributed by atoms with Gasteiger partial charge >= 0.3 is 0 Å². The van der Waals surface area contributed by atoms with Gasteiger partial charge in [-0.15, -0.1) is 0 Å². The molecule has 0 aliphatic carbocycles. The maximum Gasteiger partial charge on any atom is 0.251 e. The Labute approximate surface area is 251 Å². The van der Waals surface area contributed by atoms with Gasteiger partial charge in [0, 0.05) is 35.1 Å². The minimum absolute atomic E-state index is 0.00506. The topological polar surface area (TPSA) is 88.0 Å². The number of carbonyl (C=O) groups excluding carboxylic acids is 1. The summed E-state index contributed by atoms with van der Waals surface area (Å²) in [6, 6.07) is 33.5. The van der Waals surface area contributed by atoms with Crippen LogP contribution in [-0.4, -0.2) is 40.3 Å². The maximum absolute atomic E-state index is 12.5. The zero-order valence-electron chi connectivity index (χ0n) is 23.7. The highest BCUT2D eigenvalue weighted by molar-refractivity contribution is 7.99. The lowest BCUT2D eigenvalue weighted by atomic mass is 9.91. The van der Waals surface area contributed by atoms with E-state index in [1.807, 2.05) is 66.7 Å². The van der Waals surface area contributed by atoms with Gasteiger partial charge in [-0.3, -0.25) is 4.79 Å². The smallest absolute Gasteiger partial charge is 0.251 e. The third-order valence-corrected chi connectivity index (χ3v) is 8.61. The molecule has 42 heavy (non-hydrogen) atoms. The number of rotatable bonds is 11. The summed E-state index contributed by atoms with van der Waals surface area (Å²) in [5.74, 6) is 1.44. The van der Waals surface area contributed by atoms with Crippen LogP contribution in [0.4, 0.5) is 0 Å². The first-order valence-electron chi connectivity index (χ1n) is 14.3. The summed E-state index contributed by atoms with van der Waals surface area (Å²) in [5, 5.41) is 21.7. The molecule has 7 heteroatoms. The van der Waals surface area contributed by atoms with Crippen LogP contribution in [-0.2, 0) is 22.6 Å². The van der Waals surface area contributed by atoms with Gasteiger partial charge in [-0.25, -0.2) is 0 Å². The zero-order chi connectivity index (χ0) is 29.3. The highest BCUT2D eigenvalue weighted by atomic mass is 32.2. The summed E-state index contributed by atoms with van der Waals surface area (Å²) in [7, 11) is 0. The molecule has 1 aliphatic rings. The number of benzene rings is 4. The molecule has 0 spiro atoms. The van der Waals surface area contributed by atoms with Gasteiger partial charge in [-0.05, 0) is 46.0 Å². The molecule has 3 N–H and O–H groups in total. The van der Waals surface area contributed by atoms with Crippen molar-refractivity contribution in [2.24, 2.45) is 5.92 Å². The van der Waals surface area contributed by atoms with E-state index in [9.17, 15) is 15.0 Å². The molecule has 1 heterocycles. The van der Waals surface area contributed by atoms with Crippen LogP contribution in [0.2, 0.25) is 0 Å². The van der Waals surface area contributed by atoms with Crippen LogP contribution in [0.15, 0.2) is 103 Å². The molecule has 1 fully saturated rings. The molecule has 218 valence electrons. The molecule has 4 aromatic rings. The van der Waals surface area contributed by atoms with Crippen molar-refractivity contribution < 1.29 is 24.5 Å². The number of ether oxygens (including phenoxy) is 2. The number of nitrogens with one attached hydrogen (secondary N) is 1. The molecular formula is C35H37NO5S. The summed E-state index contributed by atoms with van der Waals surface area (Å²) in [4.78, 5) is 12.5. The lowest BCUT2D eigenvalue weighted by Gasteiger charge is -2.41. The average molecular weight is 584 g/mol. The number of carbonyl (C=O) groups is 1. The largest absolute Gasteiger partial charge is 0.396 e. The minimum Gasteiger partial charge on any atom is -0.396 e. The highest BCUT2D eigenvalue weighted by Gasteiger charge is 2.38. The first-order chi connectivity index (χ1) is 20.6. The van der Waals surface area contributed by atoms with Crippen LogP contribution >= 0.6 is 11.8 Å². The number of hydrogen-bond donors (Lipinski definition) is 3. The van der Waals surface area contributed by atoms with E-state index in [-0.39, 0.29) is 37.2 Å². The molecule has 1 saturated heterocycles. The predicted octanol–water partition coefficient (Wildman–Crippen LogP) is 6.29. The van der Waals surface area contributed by atoms with Crippen molar-refractivity contribution in [2.75, 3.05) is 18.1 Å². The van der Waals surface area contributed by atoms with Crippen molar-refractivity contribution in [3.8, 4) is 11.1 Å². The first-order valence-corrected chi connectivity index (χ1v) is 15.4. The summed E-state index contributed by atoms with van der Waals surface area (Å²) in [6.45, 7) is 2.73. The molecular weight excluding hydrogens is 546 g/mol. The van der Waals surface area contributed by atoms with Gasteiger partial charge in [0.25, 0.3) is 5.91 Å². The van der Waals surface area contributed by atoms with Crippen LogP contribution in [0.5, 0.6) is 0 Å². The van der Waals surface area contributed by atoms with E-state index >= 15 is 0 Å². The van der Waals surface area contributed by atoms with Gasteiger partial charge in [0.1, 0.15) is 0 Å². The predicted molar refractivity (Wildman–Crippen MR) is 167 cm³/mol. The number of hydrogen-bond acceptors (Lipinski definition) is 6. The number of amides is 1. The van der Waals surface area contributed by atoms with E-state index in [0.717, 1.165) is 39.1 Å². The fourth-order valence-electron chi connectivity index (χ4n) is 5.14. The SMILES string of the molecule is C[C@H]1[C@@H](CSCCO)O[C@@H](c2ccc(-c3cccc(CNC(=O)c4ccccc4)c3)cc2)O[C@H]1c1ccc(CO)cc1. The van der Waals surface area contributed by atoms with E-state index < -0.39 is 6.29 Å². The Morgan fingerprint density at radius 3 is 2.26 bits per heavy atom. The second-order valence-corrected chi connectivity index (χ2v) is 11.6. The average Bonchev–Trinajstić information content (AvgIpc) is 3.05. The Morgan fingerprint density at radius 2 is 1.55 bits per heavy atom. The summed E-state index contributed by atoms with van der Waals surface area (Å²) >= 11 is 1.68. The molecule has 5 rings (SSSR count). The van der Waals surface area contributed by atoms with Crippen molar-refractivity contribution in [1.29, 1.82) is 0 Å². The quantitative estimate of drug-likeness (QED) is 0.180. The van der Waals surface area contributed by atoms with Crippen molar-refractivity contribution in [3.63, 3.8) is 0 Å². The molecule has 6 nitrogen and oxygen atoms in total. The van der Waals surface area contributed by atoms with Gasteiger partial charge in [0.15, 0.2) is 6.29 Å². The summed E-state index contributed by atoms with van der Waals surface area (Å²) < 4.78 is 13.0. The van der Waals surface area contributed by atoms with Crippen LogP contribution < -0.4 is 5.32 Å². The Hall–Kier alpha value is -3.46. The van der Waals surface area contributed by atoms with Crippen molar-refractivity contribution in [1.82, 2.24) is 5.32 Å². The van der Waals surface area contributed by atoms with Crippen LogP contribution in [0, 0.1) is 5.92 Å². The molecule has 1 amide bonds. The molecule has 1 aliphatic heterocycles. The second-order valence-electron chi connectivity index (χ2n) is 10.5. The maximum atomic E-state index is 12.5.